The third kappa shape index (κ3) is 4.96. The van der Waals surface area contributed by atoms with Crippen LogP contribution in [0.3, 0.4) is 0 Å². The van der Waals surface area contributed by atoms with Gasteiger partial charge in [0.05, 0.1) is 5.92 Å². The van der Waals surface area contributed by atoms with Crippen molar-refractivity contribution in [2.24, 2.45) is 10.9 Å². The zero-order chi connectivity index (χ0) is 26.1. The number of anilines is 2. The normalized spacial score (nSPS) is 21.2. The molecule has 0 aromatic heterocycles. The summed E-state index contributed by atoms with van der Waals surface area (Å²) in [6.07, 6.45) is 1.02. The van der Waals surface area contributed by atoms with Crippen LogP contribution in [0.4, 0.5) is 15.8 Å². The van der Waals surface area contributed by atoms with Gasteiger partial charge >= 0.3 is 0 Å². The van der Waals surface area contributed by atoms with Crippen molar-refractivity contribution in [2.45, 2.75) is 31.6 Å². The van der Waals surface area contributed by atoms with Gasteiger partial charge in [-0.2, -0.15) is 0 Å². The fourth-order valence-electron chi connectivity index (χ4n) is 5.49. The fraction of sp³-hybridized carbons (Fsp3) is 0.258. The molecule has 1 aliphatic heterocycles. The molecule has 3 aromatic carbocycles. The average molecular weight is 496 g/mol. The summed E-state index contributed by atoms with van der Waals surface area (Å²) in [5.41, 5.74) is 5.44. The third-order valence-electron chi connectivity index (χ3n) is 7.30. The Morgan fingerprint density at radius 3 is 2.35 bits per heavy atom. The molecule has 1 N–H and O–H groups in total. The largest absolute Gasteiger partial charge is 0.378 e. The first-order chi connectivity index (χ1) is 17.8. The molecule has 2 aliphatic rings. The van der Waals surface area contributed by atoms with Gasteiger partial charge in [0.1, 0.15) is 5.82 Å². The molecule has 3 aromatic rings. The second-order valence-electron chi connectivity index (χ2n) is 9.99. The first-order valence-corrected chi connectivity index (χ1v) is 12.5. The molecule has 0 fully saturated rings. The number of carbonyl (C=O) groups is 2. The summed E-state index contributed by atoms with van der Waals surface area (Å²) in [6, 6.07) is 23.8. The van der Waals surface area contributed by atoms with Crippen LogP contribution in [-0.2, 0) is 9.59 Å². The molecule has 1 aliphatic carbocycles. The van der Waals surface area contributed by atoms with Crippen LogP contribution in [0.25, 0.3) is 0 Å². The number of rotatable bonds is 5. The molecular weight excluding hydrogens is 465 g/mol. The zero-order valence-electron chi connectivity index (χ0n) is 21.2. The molecule has 1 heterocycles. The van der Waals surface area contributed by atoms with E-state index in [-0.39, 0.29) is 17.6 Å². The Morgan fingerprint density at radius 1 is 0.946 bits per heavy atom. The number of aliphatic imine (C=N–C) groups is 1. The number of nitrogens with one attached hydrogen (secondary N) is 1. The number of hydrogen-bond acceptors (Lipinski definition) is 4. The average Bonchev–Trinajstić information content (AvgIpc) is 2.88. The van der Waals surface area contributed by atoms with Crippen LogP contribution < -0.4 is 10.2 Å². The van der Waals surface area contributed by atoms with Gasteiger partial charge in [0.2, 0.25) is 5.91 Å². The molecule has 0 saturated carbocycles. The molecule has 3 atom stereocenters. The van der Waals surface area contributed by atoms with Gasteiger partial charge in [-0.15, -0.1) is 0 Å². The first-order valence-electron chi connectivity index (χ1n) is 12.5. The van der Waals surface area contributed by atoms with Crippen LogP contribution in [0.15, 0.2) is 95.1 Å². The van der Waals surface area contributed by atoms with Crippen molar-refractivity contribution < 1.29 is 14.0 Å². The number of hydrogen-bond donors (Lipinski definition) is 1. The summed E-state index contributed by atoms with van der Waals surface area (Å²) < 4.78 is 13.8. The summed E-state index contributed by atoms with van der Waals surface area (Å²) >= 11 is 0. The molecule has 6 heteroatoms. The predicted molar refractivity (Wildman–Crippen MR) is 146 cm³/mol. The van der Waals surface area contributed by atoms with E-state index in [0.717, 1.165) is 22.5 Å². The lowest BCUT2D eigenvalue weighted by Gasteiger charge is -2.37. The lowest BCUT2D eigenvalue weighted by molar-refractivity contribution is -0.119. The van der Waals surface area contributed by atoms with Crippen molar-refractivity contribution in [3.8, 4) is 0 Å². The fourth-order valence-corrected chi connectivity index (χ4v) is 5.49. The van der Waals surface area contributed by atoms with Gasteiger partial charge in [0.25, 0.3) is 0 Å². The highest BCUT2D eigenvalue weighted by atomic mass is 19.1. The Balaban J connectivity index is 1.56. The molecule has 5 nitrogen and oxygen atoms in total. The lowest BCUT2D eigenvalue weighted by Crippen LogP contribution is -2.39. The Morgan fingerprint density at radius 2 is 1.68 bits per heavy atom. The maximum atomic E-state index is 13.8. The van der Waals surface area contributed by atoms with Crippen LogP contribution in [-0.4, -0.2) is 31.5 Å². The molecule has 0 radical (unpaired) electrons. The summed E-state index contributed by atoms with van der Waals surface area (Å²) in [4.78, 5) is 34.2. The van der Waals surface area contributed by atoms with Gasteiger partial charge in [0.15, 0.2) is 5.78 Å². The van der Waals surface area contributed by atoms with Crippen molar-refractivity contribution in [1.82, 2.24) is 0 Å². The zero-order valence-corrected chi connectivity index (χ0v) is 21.2. The van der Waals surface area contributed by atoms with Gasteiger partial charge in [-0.05, 0) is 60.7 Å². The highest BCUT2D eigenvalue weighted by Gasteiger charge is 2.44. The van der Waals surface area contributed by atoms with Crippen LogP contribution in [0, 0.1) is 11.7 Å². The van der Waals surface area contributed by atoms with Gasteiger partial charge in [0, 0.05) is 54.8 Å². The van der Waals surface area contributed by atoms with E-state index in [1.54, 1.807) is 12.1 Å². The summed E-state index contributed by atoms with van der Waals surface area (Å²) in [6.45, 7) is 1.84. The topological polar surface area (TPSA) is 61.8 Å². The van der Waals surface area contributed by atoms with E-state index in [0.29, 0.717) is 29.8 Å². The summed E-state index contributed by atoms with van der Waals surface area (Å²) in [5, 5.41) is 2.86. The maximum absolute atomic E-state index is 13.8. The number of halogens is 1. The van der Waals surface area contributed by atoms with Gasteiger partial charge < -0.3 is 10.2 Å². The molecule has 37 heavy (non-hydrogen) atoms. The number of amides is 1. The molecule has 0 bridgehead atoms. The smallest absolute Gasteiger partial charge is 0.234 e. The molecular formula is C31H30FN3O2. The van der Waals surface area contributed by atoms with Gasteiger partial charge in [-0.3, -0.25) is 14.6 Å². The molecule has 0 saturated heterocycles. The SMILES string of the molecule is CC1=NC2=C(C(=O)C[C@@H](c3ccccc3)C2)[C@H](c2ccc(N(C)C)cc2)C1C(=O)Nc1cccc(F)c1. The number of Topliss-reactive ketones (excluding diaryl/α,β-unsaturated/α-hetero) is 1. The van der Waals surface area contributed by atoms with Crippen LogP contribution in [0.1, 0.15) is 42.7 Å². The second-order valence-corrected chi connectivity index (χ2v) is 9.99. The highest BCUT2D eigenvalue weighted by molar-refractivity contribution is 6.13. The molecule has 5 rings (SSSR count). The van der Waals surface area contributed by atoms with Crippen molar-refractivity contribution in [3.63, 3.8) is 0 Å². The van der Waals surface area contributed by atoms with Crippen molar-refractivity contribution in [2.75, 3.05) is 24.3 Å². The number of carbonyl (C=O) groups excluding carboxylic acids is 2. The highest BCUT2D eigenvalue weighted by Crippen LogP contribution is 2.47. The Hall–Kier alpha value is -4.06. The molecule has 1 unspecified atom stereocenters. The second kappa shape index (κ2) is 10.1. The van der Waals surface area contributed by atoms with Crippen LogP contribution in [0.5, 0.6) is 0 Å². The Kier molecular flexibility index (Phi) is 6.74. The summed E-state index contributed by atoms with van der Waals surface area (Å²) in [7, 11) is 3.94. The van der Waals surface area contributed by atoms with E-state index in [4.69, 9.17) is 4.99 Å². The van der Waals surface area contributed by atoms with E-state index < -0.39 is 17.7 Å². The third-order valence-corrected chi connectivity index (χ3v) is 7.30. The lowest BCUT2D eigenvalue weighted by atomic mass is 9.69. The van der Waals surface area contributed by atoms with Gasteiger partial charge in [-0.25, -0.2) is 4.39 Å². The quantitative estimate of drug-likeness (QED) is 0.465. The first kappa shape index (κ1) is 24.6. The Bertz CT molecular complexity index is 1390. The minimum atomic E-state index is -0.690. The van der Waals surface area contributed by atoms with Crippen molar-refractivity contribution in [3.05, 3.63) is 107 Å². The minimum absolute atomic E-state index is 0.0246. The van der Waals surface area contributed by atoms with E-state index in [1.165, 1.54) is 12.1 Å². The maximum Gasteiger partial charge on any atom is 0.234 e. The van der Waals surface area contributed by atoms with Crippen molar-refractivity contribution >= 4 is 28.8 Å². The number of benzene rings is 3. The Labute approximate surface area is 216 Å². The molecule has 0 spiro atoms. The standard InChI is InChI=1S/C31H30FN3O2/c1-19-28(31(37)34-24-11-7-10-23(32)18-24)29(21-12-14-25(15-13-21)35(2)3)30-26(33-19)16-22(17-27(30)36)20-8-5-4-6-9-20/h4-15,18,22,28-29H,16-17H2,1-3H3,(H,34,37)/t22-,28?,29+/m0/s1. The van der Waals surface area contributed by atoms with Gasteiger partial charge in [-0.1, -0.05) is 48.5 Å². The number of ketones is 1. The number of nitrogens with zero attached hydrogens (tertiary/aromatic N) is 2. The van der Waals surface area contributed by atoms with E-state index in [9.17, 15) is 14.0 Å². The molecule has 188 valence electrons. The van der Waals surface area contributed by atoms with E-state index in [2.05, 4.69) is 17.4 Å². The van der Waals surface area contributed by atoms with Crippen molar-refractivity contribution in [1.29, 1.82) is 0 Å². The van der Waals surface area contributed by atoms with Crippen LogP contribution in [0.2, 0.25) is 0 Å². The van der Waals surface area contributed by atoms with Crippen LogP contribution >= 0.6 is 0 Å². The minimum Gasteiger partial charge on any atom is -0.378 e. The number of allylic oxidation sites excluding steroid dienone is 2. The monoisotopic (exact) mass is 495 g/mol. The van der Waals surface area contributed by atoms with E-state index >= 15 is 0 Å². The molecule has 1 amide bonds. The summed E-state index contributed by atoms with van der Waals surface area (Å²) in [5.74, 6) is -1.82. The predicted octanol–water partition coefficient (Wildman–Crippen LogP) is 6.11. The van der Waals surface area contributed by atoms with E-state index in [1.807, 2.05) is 68.4 Å².